The lowest BCUT2D eigenvalue weighted by atomic mass is 10.1. The van der Waals surface area contributed by atoms with Gasteiger partial charge in [0.2, 0.25) is 6.10 Å². The van der Waals surface area contributed by atoms with Crippen molar-refractivity contribution in [2.45, 2.75) is 19.4 Å². The highest BCUT2D eigenvalue weighted by Crippen LogP contribution is 2.27. The Morgan fingerprint density at radius 2 is 2.28 bits per heavy atom. The van der Waals surface area contributed by atoms with E-state index in [-0.39, 0.29) is 6.42 Å². The van der Waals surface area contributed by atoms with Gasteiger partial charge in [0.1, 0.15) is 0 Å². The lowest BCUT2D eigenvalue weighted by molar-refractivity contribution is -0.147. The van der Waals surface area contributed by atoms with Crippen LogP contribution in [0.3, 0.4) is 0 Å². The van der Waals surface area contributed by atoms with Crippen LogP contribution in [-0.2, 0) is 9.53 Å². The molecule has 1 heterocycles. The Balaban J connectivity index is 2.20. The lowest BCUT2D eigenvalue weighted by Crippen LogP contribution is -2.45. The first-order valence-corrected chi connectivity index (χ1v) is 5.84. The number of ether oxygens (including phenoxy) is 1. The number of hydrogen-bond acceptors (Lipinski definition) is 3. The number of carboxylic acids is 1. The number of aliphatic carboxylic acids is 1. The molecule has 18 heavy (non-hydrogen) atoms. The number of carbonyl (C=O) groups is 2. The fraction of sp³-hybridized carbons (Fsp3) is 0.333. The van der Waals surface area contributed by atoms with E-state index in [0.29, 0.717) is 17.3 Å². The molecule has 5 nitrogen and oxygen atoms in total. The molecular formula is C12H12ClNO4. The Morgan fingerprint density at radius 1 is 1.56 bits per heavy atom. The van der Waals surface area contributed by atoms with E-state index in [4.69, 9.17) is 21.4 Å². The lowest BCUT2D eigenvalue weighted by Gasteiger charge is -2.30. The van der Waals surface area contributed by atoms with Crippen LogP contribution in [0.2, 0.25) is 5.02 Å². The molecule has 1 aromatic carbocycles. The van der Waals surface area contributed by atoms with E-state index in [1.807, 2.05) is 6.92 Å². The molecule has 2 rings (SSSR count). The average Bonchev–Trinajstić information content (AvgIpc) is 2.30. The van der Waals surface area contributed by atoms with Crippen LogP contribution in [0.25, 0.3) is 0 Å². The van der Waals surface area contributed by atoms with E-state index in [0.717, 1.165) is 5.56 Å². The first-order valence-electron chi connectivity index (χ1n) is 5.46. The molecule has 0 spiro atoms. The van der Waals surface area contributed by atoms with Gasteiger partial charge in [-0.2, -0.15) is 0 Å². The smallest absolute Gasteiger partial charge is 0.415 e. The largest absolute Gasteiger partial charge is 0.479 e. The summed E-state index contributed by atoms with van der Waals surface area (Å²) in [5.74, 6) is -1.11. The minimum atomic E-state index is -1.11. The number of nitrogens with zero attached hydrogens (tertiary/aromatic N) is 1. The second kappa shape index (κ2) is 4.86. The number of aryl methyl sites for hydroxylation is 1. The number of carboxylic acid groups (broad SMARTS) is 1. The van der Waals surface area contributed by atoms with Gasteiger partial charge >= 0.3 is 12.1 Å². The van der Waals surface area contributed by atoms with E-state index >= 15 is 0 Å². The minimum Gasteiger partial charge on any atom is -0.479 e. The monoisotopic (exact) mass is 269 g/mol. The third-order valence-corrected chi connectivity index (χ3v) is 3.04. The number of benzene rings is 1. The third-order valence-electron chi connectivity index (χ3n) is 2.80. The number of amides is 1. The Kier molecular flexibility index (Phi) is 3.43. The molecule has 96 valence electrons. The number of halogens is 1. The van der Waals surface area contributed by atoms with Gasteiger partial charge in [-0.25, -0.2) is 9.59 Å². The summed E-state index contributed by atoms with van der Waals surface area (Å²) in [5, 5.41) is 9.38. The van der Waals surface area contributed by atoms with Gasteiger partial charge in [-0.1, -0.05) is 11.6 Å². The standard InChI is InChI=1S/C12H12ClNO4/c1-7-6-8(13)2-3-9(7)14-5-4-10(11(15)16)18-12(14)17/h2-3,6,10H,4-5H2,1H3,(H,15,16). The summed E-state index contributed by atoms with van der Waals surface area (Å²) in [7, 11) is 0. The maximum absolute atomic E-state index is 11.8. The third kappa shape index (κ3) is 2.41. The Labute approximate surface area is 109 Å². The van der Waals surface area contributed by atoms with E-state index < -0.39 is 18.2 Å². The van der Waals surface area contributed by atoms with E-state index in [9.17, 15) is 9.59 Å². The van der Waals surface area contributed by atoms with E-state index in [1.54, 1.807) is 18.2 Å². The summed E-state index contributed by atoms with van der Waals surface area (Å²) in [6, 6.07) is 5.15. The average molecular weight is 270 g/mol. The first kappa shape index (κ1) is 12.7. The molecule has 1 saturated heterocycles. The fourth-order valence-electron chi connectivity index (χ4n) is 1.90. The quantitative estimate of drug-likeness (QED) is 0.895. The van der Waals surface area contributed by atoms with Crippen LogP contribution >= 0.6 is 11.6 Å². The molecule has 1 N–H and O–H groups in total. The highest BCUT2D eigenvalue weighted by atomic mass is 35.5. The number of hydrogen-bond donors (Lipinski definition) is 1. The summed E-state index contributed by atoms with van der Waals surface area (Å²) < 4.78 is 4.85. The van der Waals surface area contributed by atoms with Gasteiger partial charge in [0.15, 0.2) is 0 Å². The van der Waals surface area contributed by atoms with Crippen molar-refractivity contribution in [2.24, 2.45) is 0 Å². The van der Waals surface area contributed by atoms with Crippen LogP contribution in [0.4, 0.5) is 10.5 Å². The maximum Gasteiger partial charge on any atom is 0.415 e. The zero-order chi connectivity index (χ0) is 13.3. The molecule has 0 aromatic heterocycles. The summed E-state index contributed by atoms with van der Waals surface area (Å²) in [4.78, 5) is 23.9. The molecule has 0 aliphatic carbocycles. The van der Waals surface area contributed by atoms with Crippen LogP contribution in [0.5, 0.6) is 0 Å². The molecule has 1 aliphatic rings. The van der Waals surface area contributed by atoms with Gasteiger partial charge in [-0.3, -0.25) is 4.90 Å². The molecule has 0 saturated carbocycles. The van der Waals surface area contributed by atoms with Crippen molar-refractivity contribution in [1.82, 2.24) is 0 Å². The molecule has 1 amide bonds. The van der Waals surface area contributed by atoms with Crippen molar-refractivity contribution in [2.75, 3.05) is 11.4 Å². The second-order valence-corrected chi connectivity index (χ2v) is 4.52. The van der Waals surface area contributed by atoms with Crippen molar-refractivity contribution in [3.8, 4) is 0 Å². The van der Waals surface area contributed by atoms with Gasteiger partial charge in [0.25, 0.3) is 0 Å². The zero-order valence-corrected chi connectivity index (χ0v) is 10.5. The fourth-order valence-corrected chi connectivity index (χ4v) is 2.12. The summed E-state index contributed by atoms with van der Waals surface area (Å²) in [5.41, 5.74) is 1.53. The summed E-state index contributed by atoms with van der Waals surface area (Å²) in [6.07, 6.45) is -1.43. The molecule has 1 fully saturated rings. The zero-order valence-electron chi connectivity index (χ0n) is 9.72. The number of anilines is 1. The molecular weight excluding hydrogens is 258 g/mol. The van der Waals surface area contributed by atoms with Crippen LogP contribution < -0.4 is 4.90 Å². The van der Waals surface area contributed by atoms with E-state index in [2.05, 4.69) is 0 Å². The van der Waals surface area contributed by atoms with Crippen molar-refractivity contribution in [1.29, 1.82) is 0 Å². The predicted molar refractivity (Wildman–Crippen MR) is 66.1 cm³/mol. The number of carbonyl (C=O) groups excluding carboxylic acids is 1. The van der Waals surface area contributed by atoms with Crippen molar-refractivity contribution in [3.63, 3.8) is 0 Å². The van der Waals surface area contributed by atoms with Crippen LogP contribution in [0.15, 0.2) is 18.2 Å². The van der Waals surface area contributed by atoms with Gasteiger partial charge in [0, 0.05) is 18.0 Å². The van der Waals surface area contributed by atoms with Crippen molar-refractivity contribution in [3.05, 3.63) is 28.8 Å². The first-order chi connectivity index (χ1) is 8.49. The van der Waals surface area contributed by atoms with Crippen LogP contribution in [0, 0.1) is 6.92 Å². The van der Waals surface area contributed by atoms with Gasteiger partial charge < -0.3 is 9.84 Å². The van der Waals surface area contributed by atoms with E-state index in [1.165, 1.54) is 4.90 Å². The van der Waals surface area contributed by atoms with Crippen LogP contribution in [0.1, 0.15) is 12.0 Å². The van der Waals surface area contributed by atoms with Crippen molar-refractivity contribution >= 4 is 29.4 Å². The molecule has 1 atom stereocenters. The topological polar surface area (TPSA) is 66.8 Å². The highest BCUT2D eigenvalue weighted by molar-refractivity contribution is 6.30. The molecule has 0 bridgehead atoms. The van der Waals surface area contributed by atoms with Gasteiger partial charge in [-0.05, 0) is 30.7 Å². The summed E-state index contributed by atoms with van der Waals surface area (Å²) in [6.45, 7) is 2.15. The number of rotatable bonds is 2. The minimum absolute atomic E-state index is 0.267. The molecule has 0 radical (unpaired) electrons. The predicted octanol–water partition coefficient (Wildman–Crippen LogP) is 2.45. The van der Waals surface area contributed by atoms with Crippen LogP contribution in [-0.4, -0.2) is 29.8 Å². The molecule has 1 aromatic rings. The van der Waals surface area contributed by atoms with Gasteiger partial charge in [-0.15, -0.1) is 0 Å². The normalized spacial score (nSPS) is 19.6. The van der Waals surface area contributed by atoms with Gasteiger partial charge in [0.05, 0.1) is 5.69 Å². The highest BCUT2D eigenvalue weighted by Gasteiger charge is 2.32. The Hall–Kier alpha value is -1.75. The second-order valence-electron chi connectivity index (χ2n) is 4.08. The Bertz CT molecular complexity index is 503. The maximum atomic E-state index is 11.8. The SMILES string of the molecule is Cc1cc(Cl)ccc1N1CCC(C(=O)O)OC1=O. The Morgan fingerprint density at radius 3 is 2.83 bits per heavy atom. The van der Waals surface area contributed by atoms with Crippen molar-refractivity contribution < 1.29 is 19.4 Å². The molecule has 6 heteroatoms. The number of cyclic esters (lactones) is 1. The molecule has 1 aliphatic heterocycles. The summed E-state index contributed by atoms with van der Waals surface area (Å²) >= 11 is 5.84. The molecule has 1 unspecified atom stereocenters.